The summed E-state index contributed by atoms with van der Waals surface area (Å²) in [6, 6.07) is 24.0. The van der Waals surface area contributed by atoms with Gasteiger partial charge in [0.2, 0.25) is 5.78 Å². The molecule has 2 aliphatic heterocycles. The molecule has 276 valence electrons. The zero-order valence-electron chi connectivity index (χ0n) is 28.6. The minimum absolute atomic E-state index is 0. The van der Waals surface area contributed by atoms with E-state index in [4.69, 9.17) is 27.9 Å². The van der Waals surface area contributed by atoms with Crippen molar-refractivity contribution in [3.63, 3.8) is 0 Å². The number of benzene rings is 4. The Hall–Kier alpha value is -3.48. The summed E-state index contributed by atoms with van der Waals surface area (Å²) in [7, 11) is 0. The minimum Gasteiger partial charge on any atom is -0.491 e. The number of hydrogen-bond donors (Lipinski definition) is 2. The van der Waals surface area contributed by atoms with Crippen LogP contribution < -0.4 is 15.4 Å². The third-order valence-electron chi connectivity index (χ3n) is 9.37. The lowest BCUT2D eigenvalue weighted by atomic mass is 9.88. The zero-order valence-corrected chi connectivity index (χ0v) is 31.0. The molecule has 4 aromatic carbocycles. The first-order valence-electron chi connectivity index (χ1n) is 16.8. The maximum absolute atomic E-state index is 15.1. The molecule has 0 spiro atoms. The van der Waals surface area contributed by atoms with Gasteiger partial charge in [0.25, 0.3) is 0 Å². The van der Waals surface area contributed by atoms with Crippen molar-refractivity contribution in [3.05, 3.63) is 134 Å². The molecule has 0 aliphatic carbocycles. The van der Waals surface area contributed by atoms with Gasteiger partial charge >= 0.3 is 6.18 Å². The van der Waals surface area contributed by atoms with E-state index in [0.717, 1.165) is 61.3 Å². The van der Waals surface area contributed by atoms with Crippen LogP contribution >= 0.6 is 35.6 Å². The van der Waals surface area contributed by atoms with Gasteiger partial charge in [-0.05, 0) is 66.9 Å². The molecule has 0 radical (unpaired) electrons. The Morgan fingerprint density at radius 2 is 1.37 bits per heavy atom. The first kappa shape index (κ1) is 39.7. The monoisotopic (exact) mass is 774 g/mol. The summed E-state index contributed by atoms with van der Waals surface area (Å²) in [5.41, 5.74) is 0.597. The Bertz CT molecular complexity index is 1780. The first-order valence-corrected chi connectivity index (χ1v) is 17.6. The number of Topliss-reactive ketones (excluding diaryl/α,β-unsaturated/α-hetero) is 1. The number of ether oxygens (including phenoxy) is 1. The van der Waals surface area contributed by atoms with Crippen LogP contribution in [0.5, 0.6) is 5.75 Å². The zero-order chi connectivity index (χ0) is 36.3. The van der Waals surface area contributed by atoms with Crippen molar-refractivity contribution in [3.8, 4) is 5.75 Å². The fourth-order valence-corrected chi connectivity index (χ4v) is 7.06. The molecule has 0 amide bonds. The number of halogens is 6. The number of rotatable bonds is 11. The van der Waals surface area contributed by atoms with Crippen molar-refractivity contribution in [1.82, 2.24) is 20.4 Å². The van der Waals surface area contributed by atoms with Gasteiger partial charge in [0.1, 0.15) is 12.0 Å². The summed E-state index contributed by atoms with van der Waals surface area (Å²) in [6.45, 7) is 7.78. The van der Waals surface area contributed by atoms with Crippen LogP contribution in [0.25, 0.3) is 0 Å². The lowest BCUT2D eigenvalue weighted by molar-refractivity contribution is -0.137. The largest absolute Gasteiger partial charge is 0.491 e. The molecular weight excluding hydrogens is 736 g/mol. The van der Waals surface area contributed by atoms with E-state index in [1.54, 1.807) is 50.2 Å². The van der Waals surface area contributed by atoms with E-state index < -0.39 is 35.6 Å². The van der Waals surface area contributed by atoms with E-state index in [9.17, 15) is 18.0 Å². The van der Waals surface area contributed by atoms with E-state index in [1.165, 1.54) is 6.07 Å². The highest BCUT2D eigenvalue weighted by molar-refractivity contribution is 6.30. The highest BCUT2D eigenvalue weighted by atomic mass is 35.5. The Morgan fingerprint density at radius 3 is 1.85 bits per heavy atom. The summed E-state index contributed by atoms with van der Waals surface area (Å²) in [5.74, 6) is -0.453. The van der Waals surface area contributed by atoms with Crippen molar-refractivity contribution < 1.29 is 27.5 Å². The molecule has 0 saturated carbocycles. The maximum Gasteiger partial charge on any atom is 0.416 e. The lowest BCUT2D eigenvalue weighted by Gasteiger charge is -2.34. The number of hydrogen-bond acceptors (Lipinski definition) is 7. The SMILES string of the molecule is CC(C)Oc1cc(C(F)(F)F)ccc1C1(C(=O)c2ccc(CN3CCN(CC=O)CC3)cc2)NC(c2ccc(Cl)cc2)C(c2ccc(Cl)cc2)N1.Cl. The van der Waals surface area contributed by atoms with Gasteiger partial charge in [0.15, 0.2) is 5.66 Å². The van der Waals surface area contributed by atoms with E-state index in [0.29, 0.717) is 28.7 Å². The summed E-state index contributed by atoms with van der Waals surface area (Å²) >= 11 is 12.5. The van der Waals surface area contributed by atoms with Gasteiger partial charge in [-0.3, -0.25) is 25.2 Å². The summed E-state index contributed by atoms with van der Waals surface area (Å²) in [5, 5.41) is 8.17. The van der Waals surface area contributed by atoms with Gasteiger partial charge in [0.05, 0.1) is 30.3 Å². The Labute approximate surface area is 317 Å². The van der Waals surface area contributed by atoms with Crippen molar-refractivity contribution in [1.29, 1.82) is 0 Å². The number of piperazine rings is 1. The molecule has 2 aliphatic rings. The molecule has 7 nitrogen and oxygen atoms in total. The molecule has 52 heavy (non-hydrogen) atoms. The van der Waals surface area contributed by atoms with Crippen LogP contribution in [0.1, 0.15) is 64.1 Å². The second-order valence-corrected chi connectivity index (χ2v) is 14.1. The van der Waals surface area contributed by atoms with Crippen LogP contribution in [0.15, 0.2) is 91.0 Å². The second kappa shape index (κ2) is 16.7. The molecule has 2 heterocycles. The quantitative estimate of drug-likeness (QED) is 0.118. The molecule has 2 atom stereocenters. The Kier molecular flexibility index (Phi) is 12.7. The van der Waals surface area contributed by atoms with Gasteiger partial charge in [-0.25, -0.2) is 0 Å². The molecule has 13 heteroatoms. The average molecular weight is 776 g/mol. The normalized spacial score (nSPS) is 21.2. The molecule has 2 unspecified atom stereocenters. The summed E-state index contributed by atoms with van der Waals surface area (Å²) in [4.78, 5) is 30.4. The summed E-state index contributed by atoms with van der Waals surface area (Å²) < 4.78 is 48.1. The number of aldehydes is 1. The number of carbonyl (C=O) groups is 2. The predicted molar refractivity (Wildman–Crippen MR) is 199 cm³/mol. The van der Waals surface area contributed by atoms with Crippen LogP contribution in [0.3, 0.4) is 0 Å². The fourth-order valence-electron chi connectivity index (χ4n) is 6.81. The highest BCUT2D eigenvalue weighted by Crippen LogP contribution is 2.46. The van der Waals surface area contributed by atoms with E-state index in [2.05, 4.69) is 20.4 Å². The topological polar surface area (TPSA) is 73.9 Å². The maximum atomic E-state index is 15.1. The average Bonchev–Trinajstić information content (AvgIpc) is 3.51. The van der Waals surface area contributed by atoms with Crippen molar-refractivity contribution in [2.24, 2.45) is 0 Å². The van der Waals surface area contributed by atoms with Crippen molar-refractivity contribution in [2.45, 2.75) is 50.4 Å². The molecule has 2 saturated heterocycles. The van der Waals surface area contributed by atoms with Crippen LogP contribution in [-0.4, -0.2) is 60.7 Å². The lowest BCUT2D eigenvalue weighted by Crippen LogP contribution is -2.53. The molecule has 6 rings (SSSR count). The molecule has 0 bridgehead atoms. The standard InChI is InChI=1S/C39H39Cl2F3N4O3.ClH/c1-25(2)51-34-23-30(39(42,43)44)11-16-33(34)38(37(50)29-5-3-26(4-6-29)24-48-19-17-47(18-20-48)21-22-49)45-35(27-7-12-31(40)13-8-27)36(46-38)28-9-14-32(41)15-10-28;/h3-16,22-23,25,35-36,45-46H,17-21,24H2,1-2H3;1H. The molecule has 4 aromatic rings. The number of nitrogens with zero attached hydrogens (tertiary/aromatic N) is 2. The van der Waals surface area contributed by atoms with Crippen LogP contribution in [0.4, 0.5) is 13.2 Å². The third-order valence-corrected chi connectivity index (χ3v) is 9.88. The minimum atomic E-state index is -4.63. The summed E-state index contributed by atoms with van der Waals surface area (Å²) in [6.07, 6.45) is -4.19. The molecular formula is C39H40Cl3F3N4O3. The smallest absolute Gasteiger partial charge is 0.416 e. The third kappa shape index (κ3) is 8.82. The highest BCUT2D eigenvalue weighted by Gasteiger charge is 2.53. The number of carbonyl (C=O) groups excluding carboxylic acids is 2. The van der Waals surface area contributed by atoms with Crippen LogP contribution in [-0.2, 0) is 23.2 Å². The number of nitrogens with one attached hydrogen (secondary N) is 2. The van der Waals surface area contributed by atoms with E-state index in [1.807, 2.05) is 36.4 Å². The number of alkyl halides is 3. The van der Waals surface area contributed by atoms with Crippen molar-refractivity contribution in [2.75, 3.05) is 32.7 Å². The van der Waals surface area contributed by atoms with Gasteiger partial charge < -0.3 is 9.53 Å². The van der Waals surface area contributed by atoms with Gasteiger partial charge in [-0.15, -0.1) is 12.4 Å². The predicted octanol–water partition coefficient (Wildman–Crippen LogP) is 8.25. The van der Waals surface area contributed by atoms with Crippen molar-refractivity contribution >= 4 is 47.7 Å². The Morgan fingerprint density at radius 1 is 0.846 bits per heavy atom. The van der Waals surface area contributed by atoms with Gasteiger partial charge in [-0.2, -0.15) is 13.2 Å². The Balaban J connectivity index is 0.00000523. The van der Waals surface area contributed by atoms with Gasteiger partial charge in [-0.1, -0.05) is 77.8 Å². The first-order chi connectivity index (χ1) is 24.4. The second-order valence-electron chi connectivity index (χ2n) is 13.2. The van der Waals surface area contributed by atoms with Crippen LogP contribution in [0, 0.1) is 0 Å². The molecule has 0 aromatic heterocycles. The van der Waals surface area contributed by atoms with E-state index >= 15 is 4.79 Å². The van der Waals surface area contributed by atoms with Gasteiger partial charge in [0, 0.05) is 53.9 Å². The number of ketones is 1. The fraction of sp³-hybridized carbons (Fsp3) is 0.333. The van der Waals surface area contributed by atoms with Crippen LogP contribution in [0.2, 0.25) is 10.0 Å². The molecule has 2 fully saturated rings. The van der Waals surface area contributed by atoms with E-state index in [-0.39, 0.29) is 29.5 Å². The molecule has 2 N–H and O–H groups in total.